The third kappa shape index (κ3) is 3.25. The number of hydrogen-bond donors (Lipinski definition) is 1. The van der Waals surface area contributed by atoms with Crippen LogP contribution in [0.5, 0.6) is 0 Å². The molecular weight excluding hydrogens is 410 g/mol. The molecule has 0 spiro atoms. The molecule has 0 unspecified atom stereocenters. The van der Waals surface area contributed by atoms with Crippen LogP contribution in [0.25, 0.3) is 21.3 Å². The quantitative estimate of drug-likeness (QED) is 0.404. The van der Waals surface area contributed by atoms with Crippen molar-refractivity contribution in [1.82, 2.24) is 9.97 Å². The van der Waals surface area contributed by atoms with E-state index in [0.717, 1.165) is 37.3 Å². The van der Waals surface area contributed by atoms with Crippen LogP contribution in [-0.4, -0.2) is 15.8 Å². The van der Waals surface area contributed by atoms with Crippen molar-refractivity contribution in [2.45, 2.75) is 6.92 Å². The Morgan fingerprint density at radius 3 is 2.46 bits per heavy atom. The highest BCUT2D eigenvalue weighted by Crippen LogP contribution is 2.37. The van der Waals surface area contributed by atoms with Gasteiger partial charge in [0.25, 0.3) is 0 Å². The Morgan fingerprint density at radius 2 is 1.77 bits per heavy atom. The van der Waals surface area contributed by atoms with E-state index in [4.69, 9.17) is 0 Å². The molecule has 2 aromatic carbocycles. The van der Waals surface area contributed by atoms with E-state index in [1.54, 1.807) is 24.6 Å². The summed E-state index contributed by atoms with van der Waals surface area (Å²) in [5, 5.41) is 6.46. The molecule has 2 aromatic heterocycles. The van der Waals surface area contributed by atoms with Gasteiger partial charge in [-0.15, -0.1) is 11.3 Å². The summed E-state index contributed by atoms with van der Waals surface area (Å²) in [6.07, 6.45) is 1.57. The summed E-state index contributed by atoms with van der Waals surface area (Å²) in [4.78, 5) is 21.2. The second-order valence-corrected chi connectivity index (χ2v) is 7.59. The molecule has 0 atom stereocenters. The van der Waals surface area contributed by atoms with Crippen molar-refractivity contribution in [2.75, 3.05) is 5.32 Å². The van der Waals surface area contributed by atoms with Crippen LogP contribution >= 0.6 is 27.3 Å². The molecule has 26 heavy (non-hydrogen) atoms. The predicted octanol–water partition coefficient (Wildman–Crippen LogP) is 6.07. The van der Waals surface area contributed by atoms with Gasteiger partial charge in [-0.2, -0.15) is 0 Å². The topological polar surface area (TPSA) is 54.9 Å². The molecule has 4 nitrogen and oxygen atoms in total. The fourth-order valence-electron chi connectivity index (χ4n) is 2.74. The monoisotopic (exact) mass is 423 g/mol. The number of nitrogens with zero attached hydrogens (tertiary/aromatic N) is 2. The summed E-state index contributed by atoms with van der Waals surface area (Å²) in [6.45, 7) is 1.56. The van der Waals surface area contributed by atoms with Crippen molar-refractivity contribution in [3.05, 3.63) is 70.3 Å². The maximum Gasteiger partial charge on any atom is 0.159 e. The summed E-state index contributed by atoms with van der Waals surface area (Å²) in [5.41, 5.74) is 3.78. The molecule has 0 saturated carbocycles. The van der Waals surface area contributed by atoms with E-state index in [1.807, 2.05) is 36.4 Å². The molecule has 0 saturated heterocycles. The molecule has 0 amide bonds. The van der Waals surface area contributed by atoms with E-state index in [1.165, 1.54) is 0 Å². The van der Waals surface area contributed by atoms with Gasteiger partial charge in [0.05, 0.1) is 5.39 Å². The average Bonchev–Trinajstić information content (AvgIpc) is 3.08. The molecule has 0 fully saturated rings. The lowest BCUT2D eigenvalue weighted by molar-refractivity contribution is 0.101. The number of fused-ring (bicyclic) bond motifs is 1. The number of aromatic nitrogens is 2. The maximum atomic E-state index is 11.4. The number of halogens is 1. The van der Waals surface area contributed by atoms with Gasteiger partial charge in [0.1, 0.15) is 17.0 Å². The standard InChI is InChI=1S/C20H14BrN3OS/c1-12(25)13-4-8-16(9-5-13)24-19-18-17(10-26-20(18)23-11-22-19)14-2-6-15(21)7-3-14/h2-11H,1H3,(H,22,23,24). The van der Waals surface area contributed by atoms with Gasteiger partial charge in [-0.25, -0.2) is 9.97 Å². The molecule has 0 aliphatic rings. The van der Waals surface area contributed by atoms with Gasteiger partial charge in [-0.05, 0) is 48.9 Å². The first kappa shape index (κ1) is 16.9. The average molecular weight is 424 g/mol. The first-order chi connectivity index (χ1) is 12.6. The number of hydrogen-bond acceptors (Lipinski definition) is 5. The number of anilines is 2. The molecule has 0 aliphatic carbocycles. The second-order valence-electron chi connectivity index (χ2n) is 5.82. The Hall–Kier alpha value is -2.57. The molecule has 4 aromatic rings. The molecule has 4 rings (SSSR count). The van der Waals surface area contributed by atoms with Gasteiger partial charge in [0.15, 0.2) is 5.78 Å². The summed E-state index contributed by atoms with van der Waals surface area (Å²) in [7, 11) is 0. The molecule has 0 radical (unpaired) electrons. The largest absolute Gasteiger partial charge is 0.340 e. The van der Waals surface area contributed by atoms with Crippen molar-refractivity contribution < 1.29 is 4.79 Å². The van der Waals surface area contributed by atoms with E-state index < -0.39 is 0 Å². The minimum Gasteiger partial charge on any atom is -0.340 e. The molecule has 128 valence electrons. The van der Waals surface area contributed by atoms with Crippen LogP contribution < -0.4 is 5.32 Å². The number of benzene rings is 2. The van der Waals surface area contributed by atoms with Crippen molar-refractivity contribution >= 4 is 54.8 Å². The Bertz CT molecular complexity index is 1090. The zero-order valence-corrected chi connectivity index (χ0v) is 16.3. The second kappa shape index (κ2) is 6.97. The minimum atomic E-state index is 0.0522. The van der Waals surface area contributed by atoms with E-state index in [0.29, 0.717) is 5.56 Å². The number of rotatable bonds is 4. The lowest BCUT2D eigenvalue weighted by Crippen LogP contribution is -1.97. The van der Waals surface area contributed by atoms with Crippen LogP contribution in [0.15, 0.2) is 64.7 Å². The van der Waals surface area contributed by atoms with E-state index in [2.05, 4.69) is 48.7 Å². The number of carbonyl (C=O) groups is 1. The van der Waals surface area contributed by atoms with Crippen LogP contribution in [0.2, 0.25) is 0 Å². The molecule has 1 N–H and O–H groups in total. The molecular formula is C20H14BrN3OS. The number of Topliss-reactive ketones (excluding diaryl/α,β-unsaturated/α-hetero) is 1. The van der Waals surface area contributed by atoms with Crippen LogP contribution in [0, 0.1) is 0 Å². The fraction of sp³-hybridized carbons (Fsp3) is 0.0500. The zero-order valence-electron chi connectivity index (χ0n) is 13.9. The van der Waals surface area contributed by atoms with Gasteiger partial charge in [-0.3, -0.25) is 4.79 Å². The number of nitrogens with one attached hydrogen (secondary N) is 1. The number of thiophene rings is 1. The highest BCUT2D eigenvalue weighted by atomic mass is 79.9. The van der Waals surface area contributed by atoms with Crippen LogP contribution in [-0.2, 0) is 0 Å². The summed E-state index contributed by atoms with van der Waals surface area (Å²) in [5.74, 6) is 0.807. The van der Waals surface area contributed by atoms with Crippen LogP contribution in [0.1, 0.15) is 17.3 Å². The third-order valence-electron chi connectivity index (χ3n) is 4.08. The van der Waals surface area contributed by atoms with Gasteiger partial charge in [-0.1, -0.05) is 28.1 Å². The molecule has 2 heterocycles. The van der Waals surface area contributed by atoms with Crippen molar-refractivity contribution in [1.29, 1.82) is 0 Å². The molecule has 6 heteroatoms. The van der Waals surface area contributed by atoms with Gasteiger partial charge < -0.3 is 5.32 Å². The normalized spacial score (nSPS) is 10.8. The summed E-state index contributed by atoms with van der Waals surface area (Å²) < 4.78 is 1.04. The molecule has 0 aliphatic heterocycles. The third-order valence-corrected chi connectivity index (χ3v) is 5.49. The highest BCUT2D eigenvalue weighted by Gasteiger charge is 2.13. The van der Waals surface area contributed by atoms with Crippen molar-refractivity contribution in [3.8, 4) is 11.1 Å². The summed E-state index contributed by atoms with van der Waals surface area (Å²) in [6, 6.07) is 15.6. The summed E-state index contributed by atoms with van der Waals surface area (Å²) >= 11 is 5.07. The fourth-order valence-corrected chi connectivity index (χ4v) is 3.92. The van der Waals surface area contributed by atoms with Crippen LogP contribution in [0.3, 0.4) is 0 Å². The SMILES string of the molecule is CC(=O)c1ccc(Nc2ncnc3scc(-c4ccc(Br)cc4)c23)cc1. The maximum absolute atomic E-state index is 11.4. The van der Waals surface area contributed by atoms with Gasteiger partial charge in [0, 0.05) is 26.7 Å². The van der Waals surface area contributed by atoms with Crippen molar-refractivity contribution in [3.63, 3.8) is 0 Å². The Kier molecular flexibility index (Phi) is 4.53. The van der Waals surface area contributed by atoms with E-state index in [-0.39, 0.29) is 5.78 Å². The lowest BCUT2D eigenvalue weighted by Gasteiger charge is -2.09. The Labute approximate surface area is 163 Å². The predicted molar refractivity (Wildman–Crippen MR) is 110 cm³/mol. The van der Waals surface area contributed by atoms with E-state index in [9.17, 15) is 4.79 Å². The van der Waals surface area contributed by atoms with E-state index >= 15 is 0 Å². The highest BCUT2D eigenvalue weighted by molar-refractivity contribution is 9.10. The van der Waals surface area contributed by atoms with Crippen molar-refractivity contribution in [2.24, 2.45) is 0 Å². The van der Waals surface area contributed by atoms with Gasteiger partial charge in [0.2, 0.25) is 0 Å². The lowest BCUT2D eigenvalue weighted by atomic mass is 10.1. The van der Waals surface area contributed by atoms with Gasteiger partial charge >= 0.3 is 0 Å². The smallest absolute Gasteiger partial charge is 0.159 e. The zero-order chi connectivity index (χ0) is 18.1. The van der Waals surface area contributed by atoms with Crippen LogP contribution in [0.4, 0.5) is 11.5 Å². The first-order valence-electron chi connectivity index (χ1n) is 7.98. The first-order valence-corrected chi connectivity index (χ1v) is 9.65. The number of ketones is 1. The minimum absolute atomic E-state index is 0.0522. The Balaban J connectivity index is 1.76. The molecule has 0 bridgehead atoms. The Morgan fingerprint density at radius 1 is 1.04 bits per heavy atom. The number of carbonyl (C=O) groups excluding carboxylic acids is 1.